The molecule has 0 spiro atoms. The van der Waals surface area contributed by atoms with Gasteiger partial charge in [0.1, 0.15) is 0 Å². The number of nitrogens with two attached hydrogens (primary N) is 1. The fraction of sp³-hybridized carbons (Fsp3) is 0.250. The average molecular weight is 399 g/mol. The number of rotatable bonds is 7. The van der Waals surface area contributed by atoms with Gasteiger partial charge in [-0.05, 0) is 61.7 Å². The lowest BCUT2D eigenvalue weighted by Gasteiger charge is -2.20. The highest BCUT2D eigenvalue weighted by Gasteiger charge is 2.21. The van der Waals surface area contributed by atoms with Crippen LogP contribution in [-0.2, 0) is 4.79 Å². The molecule has 1 unspecified atom stereocenters. The van der Waals surface area contributed by atoms with Crippen LogP contribution in [0.25, 0.3) is 10.8 Å². The molecule has 153 valence electrons. The highest BCUT2D eigenvalue weighted by atomic mass is 16.1. The fourth-order valence-corrected chi connectivity index (χ4v) is 3.49. The largest absolute Gasteiger partial charge is 0.434 e. The number of benzene rings is 1. The summed E-state index contributed by atoms with van der Waals surface area (Å²) in [5, 5.41) is 8.23. The van der Waals surface area contributed by atoms with Gasteiger partial charge in [0.15, 0.2) is 0 Å². The minimum atomic E-state index is -0.396. The van der Waals surface area contributed by atoms with Crippen LogP contribution in [-0.4, -0.2) is 24.9 Å². The van der Waals surface area contributed by atoms with Crippen LogP contribution in [0.4, 0.5) is 5.69 Å². The van der Waals surface area contributed by atoms with E-state index >= 15 is 0 Å². The molecule has 6 heteroatoms. The Kier molecular flexibility index (Phi) is 7.25. The van der Waals surface area contributed by atoms with Crippen molar-refractivity contribution in [3.63, 3.8) is 0 Å². The lowest BCUT2D eigenvalue weighted by atomic mass is 9.75. The van der Waals surface area contributed by atoms with Crippen molar-refractivity contribution >= 4 is 29.8 Å². The molecule has 0 aliphatic carbocycles. The SMILES string of the molecule is CC/C(=C\C1=C(C=C(C)C)[B]NC=C1)C(CN)C(=O)Nc1ccc2cnccc2c1. The molecule has 0 saturated carbocycles. The number of nitrogens with one attached hydrogen (secondary N) is 2. The van der Waals surface area contributed by atoms with Crippen LogP contribution >= 0.6 is 0 Å². The van der Waals surface area contributed by atoms with Crippen molar-refractivity contribution in [3.8, 4) is 0 Å². The van der Waals surface area contributed by atoms with Crippen molar-refractivity contribution in [2.75, 3.05) is 11.9 Å². The highest BCUT2D eigenvalue weighted by Crippen LogP contribution is 2.24. The van der Waals surface area contributed by atoms with E-state index in [1.807, 2.05) is 50.2 Å². The summed E-state index contributed by atoms with van der Waals surface area (Å²) in [4.78, 5) is 17.2. The van der Waals surface area contributed by atoms with Crippen molar-refractivity contribution in [1.82, 2.24) is 10.2 Å². The van der Waals surface area contributed by atoms with Gasteiger partial charge >= 0.3 is 0 Å². The molecule has 5 nitrogen and oxygen atoms in total. The Morgan fingerprint density at radius 2 is 2.10 bits per heavy atom. The zero-order chi connectivity index (χ0) is 21.5. The fourth-order valence-electron chi connectivity index (χ4n) is 3.49. The second-order valence-electron chi connectivity index (χ2n) is 7.56. The number of allylic oxidation sites excluding steroid dienone is 6. The molecule has 4 N–H and O–H groups in total. The zero-order valence-electron chi connectivity index (χ0n) is 17.8. The number of carbonyl (C=O) groups is 1. The van der Waals surface area contributed by atoms with E-state index in [0.29, 0.717) is 0 Å². The average Bonchev–Trinajstić information content (AvgIpc) is 2.74. The molecule has 0 saturated heterocycles. The van der Waals surface area contributed by atoms with Crippen molar-refractivity contribution in [3.05, 3.63) is 83.3 Å². The number of hydrogen-bond donors (Lipinski definition) is 3. The number of nitrogens with zero attached hydrogens (tertiary/aromatic N) is 1. The highest BCUT2D eigenvalue weighted by molar-refractivity contribution is 6.45. The van der Waals surface area contributed by atoms with Gasteiger partial charge < -0.3 is 16.3 Å². The summed E-state index contributed by atoms with van der Waals surface area (Å²) in [7, 11) is 1.97. The first-order valence-corrected chi connectivity index (χ1v) is 10.2. The molecule has 3 rings (SSSR count). The number of aromatic nitrogens is 1. The van der Waals surface area contributed by atoms with Crippen LogP contribution < -0.4 is 16.3 Å². The van der Waals surface area contributed by atoms with Crippen LogP contribution in [0.15, 0.2) is 83.3 Å². The lowest BCUT2D eigenvalue weighted by Crippen LogP contribution is -2.31. The first-order chi connectivity index (χ1) is 14.5. The molecule has 0 fully saturated rings. The van der Waals surface area contributed by atoms with E-state index in [4.69, 9.17) is 5.73 Å². The topological polar surface area (TPSA) is 80.0 Å². The number of carbonyl (C=O) groups excluding carboxylic acids is 1. The standard InChI is InChI=1S/C24H28BN4O/c1-4-17(12-19-8-10-28-25-23(19)11-16(2)3)22(14-26)24(30)29-21-6-5-20-15-27-9-7-18(20)13-21/h5-13,15,22,28H,4,14,26H2,1-3H3,(H,29,30)/b17-12+. The summed E-state index contributed by atoms with van der Waals surface area (Å²) < 4.78 is 0. The van der Waals surface area contributed by atoms with Gasteiger partial charge in [-0.3, -0.25) is 9.78 Å². The molecular formula is C24H28BN4O. The number of anilines is 1. The second kappa shape index (κ2) is 10.1. The van der Waals surface area contributed by atoms with Gasteiger partial charge in [0, 0.05) is 30.0 Å². The van der Waals surface area contributed by atoms with Gasteiger partial charge in [-0.25, -0.2) is 0 Å². The van der Waals surface area contributed by atoms with Crippen LogP contribution in [0.5, 0.6) is 0 Å². The Labute approximate surface area is 179 Å². The normalized spacial score (nSPS) is 14.7. The van der Waals surface area contributed by atoms with Crippen molar-refractivity contribution in [2.45, 2.75) is 27.2 Å². The predicted molar refractivity (Wildman–Crippen MR) is 126 cm³/mol. The second-order valence-corrected chi connectivity index (χ2v) is 7.56. The first-order valence-electron chi connectivity index (χ1n) is 10.2. The van der Waals surface area contributed by atoms with Gasteiger partial charge in [0.2, 0.25) is 5.91 Å². The molecule has 1 aliphatic heterocycles. The Balaban J connectivity index is 1.86. The minimum Gasteiger partial charge on any atom is -0.434 e. The molecule has 2 heterocycles. The summed E-state index contributed by atoms with van der Waals surface area (Å²) in [6.45, 7) is 6.44. The Hall–Kier alpha value is -3.12. The molecule has 0 bridgehead atoms. The van der Waals surface area contributed by atoms with E-state index in [-0.39, 0.29) is 12.5 Å². The summed E-state index contributed by atoms with van der Waals surface area (Å²) in [6, 6.07) is 7.74. The maximum absolute atomic E-state index is 13.1. The van der Waals surface area contributed by atoms with Crippen LogP contribution in [0.1, 0.15) is 27.2 Å². The van der Waals surface area contributed by atoms with E-state index in [1.54, 1.807) is 6.20 Å². The number of pyridine rings is 1. The van der Waals surface area contributed by atoms with E-state index in [1.165, 1.54) is 5.57 Å². The molecule has 1 aliphatic rings. The number of fused-ring (bicyclic) bond motifs is 1. The van der Waals surface area contributed by atoms with Crippen molar-refractivity contribution < 1.29 is 4.79 Å². The third kappa shape index (κ3) is 5.27. The first kappa shape index (κ1) is 21.6. The molecule has 2 aromatic rings. The van der Waals surface area contributed by atoms with E-state index in [2.05, 4.69) is 48.5 Å². The summed E-state index contributed by atoms with van der Waals surface area (Å²) in [5.41, 5.74) is 11.2. The summed E-state index contributed by atoms with van der Waals surface area (Å²) in [6.07, 6.45) is 12.4. The minimum absolute atomic E-state index is 0.0923. The summed E-state index contributed by atoms with van der Waals surface area (Å²) >= 11 is 0. The smallest absolute Gasteiger partial charge is 0.282 e. The lowest BCUT2D eigenvalue weighted by molar-refractivity contribution is -0.118. The van der Waals surface area contributed by atoms with Crippen LogP contribution in [0, 0.1) is 5.92 Å². The third-order valence-corrected chi connectivity index (χ3v) is 5.03. The van der Waals surface area contributed by atoms with Crippen LogP contribution in [0.3, 0.4) is 0 Å². The Morgan fingerprint density at radius 3 is 2.83 bits per heavy atom. The van der Waals surface area contributed by atoms with Gasteiger partial charge in [0.25, 0.3) is 7.41 Å². The van der Waals surface area contributed by atoms with Gasteiger partial charge in [-0.2, -0.15) is 0 Å². The zero-order valence-corrected chi connectivity index (χ0v) is 17.8. The molecule has 1 radical (unpaired) electrons. The molecule has 1 aromatic carbocycles. The van der Waals surface area contributed by atoms with Crippen molar-refractivity contribution in [1.29, 1.82) is 0 Å². The monoisotopic (exact) mass is 399 g/mol. The number of amides is 1. The predicted octanol–water partition coefficient (Wildman–Crippen LogP) is 4.04. The van der Waals surface area contributed by atoms with Gasteiger partial charge in [-0.1, -0.05) is 41.8 Å². The Bertz CT molecular complexity index is 1050. The number of hydrogen-bond acceptors (Lipinski definition) is 4. The molecule has 1 atom stereocenters. The quantitative estimate of drug-likeness (QED) is 0.614. The maximum Gasteiger partial charge on any atom is 0.282 e. The van der Waals surface area contributed by atoms with Crippen LogP contribution in [0.2, 0.25) is 0 Å². The van der Waals surface area contributed by atoms with E-state index < -0.39 is 5.92 Å². The maximum atomic E-state index is 13.1. The molecule has 1 amide bonds. The summed E-state index contributed by atoms with van der Waals surface area (Å²) in [5.74, 6) is -0.489. The Morgan fingerprint density at radius 1 is 1.27 bits per heavy atom. The van der Waals surface area contributed by atoms with E-state index in [0.717, 1.165) is 39.5 Å². The van der Waals surface area contributed by atoms with E-state index in [9.17, 15) is 4.79 Å². The van der Waals surface area contributed by atoms with Gasteiger partial charge in [0.05, 0.1) is 5.92 Å². The molecule has 1 aromatic heterocycles. The van der Waals surface area contributed by atoms with Gasteiger partial charge in [-0.15, -0.1) is 0 Å². The molecular weight excluding hydrogens is 371 g/mol. The molecule has 30 heavy (non-hydrogen) atoms. The van der Waals surface area contributed by atoms with Crippen molar-refractivity contribution in [2.24, 2.45) is 11.7 Å². The third-order valence-electron chi connectivity index (χ3n) is 5.03.